The second-order valence-corrected chi connectivity index (χ2v) is 12.3. The molecule has 40 heavy (non-hydrogen) atoms. The van der Waals surface area contributed by atoms with E-state index in [1.165, 1.54) is 122 Å². The zero-order valence-corrected chi connectivity index (χ0v) is 26.7. The Kier molecular flexibility index (Phi) is 27.1. The van der Waals surface area contributed by atoms with Crippen molar-refractivity contribution >= 4 is 11.9 Å². The minimum absolute atomic E-state index is 0.0720. The molecule has 1 fully saturated rings. The zero-order chi connectivity index (χ0) is 28.8. The van der Waals surface area contributed by atoms with E-state index in [4.69, 9.17) is 9.47 Å². The number of carbonyl (C=O) groups excluding carboxylic acids is 2. The van der Waals surface area contributed by atoms with Gasteiger partial charge in [-0.3, -0.25) is 14.5 Å². The third-order valence-corrected chi connectivity index (χ3v) is 8.43. The smallest absolute Gasteiger partial charge is 0.305 e. The first-order valence-corrected chi connectivity index (χ1v) is 17.8. The highest BCUT2D eigenvalue weighted by atomic mass is 16.5. The number of rotatable bonds is 21. The fourth-order valence-corrected chi connectivity index (χ4v) is 5.72. The Balaban J connectivity index is 1.96. The van der Waals surface area contributed by atoms with Crippen molar-refractivity contribution in [2.45, 2.75) is 180 Å². The molecule has 0 saturated carbocycles. The van der Waals surface area contributed by atoms with E-state index in [9.17, 15) is 9.59 Å². The quantitative estimate of drug-likeness (QED) is 0.102. The first kappa shape index (κ1) is 36.9. The van der Waals surface area contributed by atoms with Crippen LogP contribution >= 0.6 is 0 Å². The molecule has 0 atom stereocenters. The minimum Gasteiger partial charge on any atom is -0.464 e. The largest absolute Gasteiger partial charge is 0.464 e. The van der Waals surface area contributed by atoms with Gasteiger partial charge in [0.05, 0.1) is 0 Å². The number of carbonyl (C=O) groups is 2. The molecule has 1 saturated heterocycles. The highest BCUT2D eigenvalue weighted by molar-refractivity contribution is 5.69. The van der Waals surface area contributed by atoms with E-state index in [1.54, 1.807) is 0 Å². The monoisotopic (exact) mass is 566 g/mol. The van der Waals surface area contributed by atoms with Crippen LogP contribution in [0.4, 0.5) is 0 Å². The Labute approximate surface area is 248 Å². The Morgan fingerprint density at radius 2 is 0.800 bits per heavy atom. The SMILES string of the molecule is CCCCCCCCCCCCCCCCCCCCCCN1CCOC(=O)CCCCCCCC(=O)OCC1. The van der Waals surface area contributed by atoms with Crippen LogP contribution in [0.5, 0.6) is 0 Å². The standard InChI is InChI=1S/C35H67NO4/c1-2-3-4-5-6-7-8-9-10-11-12-13-14-15-16-17-18-19-23-26-29-36-30-32-39-34(37)27-24-21-20-22-25-28-35(38)40-33-31-36/h2-33H2,1H3. The lowest BCUT2D eigenvalue weighted by molar-refractivity contribution is -0.144. The molecule has 236 valence electrons. The maximum Gasteiger partial charge on any atom is 0.305 e. The van der Waals surface area contributed by atoms with Crippen LogP contribution in [0.2, 0.25) is 0 Å². The summed E-state index contributed by atoms with van der Waals surface area (Å²) in [6.45, 7) is 5.59. The Morgan fingerprint density at radius 1 is 0.475 bits per heavy atom. The average Bonchev–Trinajstić information content (AvgIpc) is 2.94. The third-order valence-electron chi connectivity index (χ3n) is 8.43. The predicted molar refractivity (Wildman–Crippen MR) is 169 cm³/mol. The molecule has 0 aliphatic carbocycles. The fourth-order valence-electron chi connectivity index (χ4n) is 5.72. The predicted octanol–water partition coefficient (Wildman–Crippen LogP) is 9.94. The Bertz CT molecular complexity index is 542. The molecule has 0 aromatic carbocycles. The molecule has 0 aromatic heterocycles. The molecule has 0 unspecified atom stereocenters. The van der Waals surface area contributed by atoms with Gasteiger partial charge in [-0.1, -0.05) is 148 Å². The van der Waals surface area contributed by atoms with Gasteiger partial charge in [0.2, 0.25) is 0 Å². The molecule has 5 nitrogen and oxygen atoms in total. The molecule has 0 N–H and O–H groups in total. The van der Waals surface area contributed by atoms with Crippen molar-refractivity contribution in [2.24, 2.45) is 0 Å². The first-order valence-electron chi connectivity index (χ1n) is 17.8. The highest BCUT2D eigenvalue weighted by Gasteiger charge is 2.10. The van der Waals surface area contributed by atoms with Gasteiger partial charge in [-0.05, 0) is 25.8 Å². The first-order chi connectivity index (χ1) is 19.7. The van der Waals surface area contributed by atoms with E-state index in [0.717, 1.165) is 58.2 Å². The zero-order valence-electron chi connectivity index (χ0n) is 26.7. The van der Waals surface area contributed by atoms with Gasteiger partial charge in [0.15, 0.2) is 0 Å². The molecule has 0 aromatic rings. The molecule has 5 heteroatoms. The molecule has 1 rings (SSSR count). The maximum atomic E-state index is 12.0. The van der Waals surface area contributed by atoms with Crippen LogP contribution in [0.1, 0.15) is 180 Å². The van der Waals surface area contributed by atoms with Crippen LogP contribution < -0.4 is 0 Å². The summed E-state index contributed by atoms with van der Waals surface area (Å²) >= 11 is 0. The fraction of sp³-hybridized carbons (Fsp3) is 0.943. The molecule has 0 spiro atoms. The lowest BCUT2D eigenvalue weighted by atomic mass is 10.0. The molecule has 1 heterocycles. The van der Waals surface area contributed by atoms with Crippen LogP contribution in [0.15, 0.2) is 0 Å². The van der Waals surface area contributed by atoms with Crippen LogP contribution in [0.25, 0.3) is 0 Å². The number of hydrogen-bond donors (Lipinski definition) is 0. The van der Waals surface area contributed by atoms with E-state index < -0.39 is 0 Å². The van der Waals surface area contributed by atoms with Crippen LogP contribution in [-0.4, -0.2) is 49.7 Å². The van der Waals surface area contributed by atoms with E-state index in [1.807, 2.05) is 0 Å². The second kappa shape index (κ2) is 29.4. The molecular formula is C35H67NO4. The van der Waals surface area contributed by atoms with E-state index in [-0.39, 0.29) is 11.9 Å². The summed E-state index contributed by atoms with van der Waals surface area (Å²) in [6.07, 6.45) is 33.8. The molecule has 0 radical (unpaired) electrons. The van der Waals surface area contributed by atoms with Crippen molar-refractivity contribution in [1.29, 1.82) is 0 Å². The second-order valence-electron chi connectivity index (χ2n) is 12.3. The van der Waals surface area contributed by atoms with Crippen molar-refractivity contribution in [3.05, 3.63) is 0 Å². The minimum atomic E-state index is -0.0720. The van der Waals surface area contributed by atoms with Crippen molar-refractivity contribution in [3.8, 4) is 0 Å². The summed E-state index contributed by atoms with van der Waals surface area (Å²) in [5.74, 6) is -0.144. The normalized spacial score (nSPS) is 17.0. The van der Waals surface area contributed by atoms with Gasteiger partial charge in [-0.25, -0.2) is 0 Å². The summed E-state index contributed by atoms with van der Waals surface area (Å²) in [7, 11) is 0. The molecule has 0 bridgehead atoms. The Hall–Kier alpha value is -1.10. The summed E-state index contributed by atoms with van der Waals surface area (Å²) < 4.78 is 10.9. The summed E-state index contributed by atoms with van der Waals surface area (Å²) in [5.41, 5.74) is 0. The van der Waals surface area contributed by atoms with Gasteiger partial charge in [0.25, 0.3) is 0 Å². The number of esters is 2. The van der Waals surface area contributed by atoms with Crippen molar-refractivity contribution in [3.63, 3.8) is 0 Å². The summed E-state index contributed by atoms with van der Waals surface area (Å²) in [4.78, 5) is 26.2. The van der Waals surface area contributed by atoms with Crippen molar-refractivity contribution in [2.75, 3.05) is 32.8 Å². The lowest BCUT2D eigenvalue weighted by Crippen LogP contribution is -2.33. The topological polar surface area (TPSA) is 55.8 Å². The third kappa shape index (κ3) is 25.8. The van der Waals surface area contributed by atoms with E-state index >= 15 is 0 Å². The van der Waals surface area contributed by atoms with Crippen LogP contribution in [-0.2, 0) is 19.1 Å². The highest BCUT2D eigenvalue weighted by Crippen LogP contribution is 2.15. The van der Waals surface area contributed by atoms with E-state index in [2.05, 4.69) is 11.8 Å². The average molecular weight is 566 g/mol. The molecule has 1 aliphatic heterocycles. The maximum absolute atomic E-state index is 12.0. The molecular weight excluding hydrogens is 498 g/mol. The lowest BCUT2D eigenvalue weighted by Gasteiger charge is -2.22. The number of cyclic esters (lactones) is 2. The van der Waals surface area contributed by atoms with Gasteiger partial charge < -0.3 is 9.47 Å². The number of hydrogen-bond acceptors (Lipinski definition) is 5. The molecule has 1 aliphatic rings. The summed E-state index contributed by atoms with van der Waals surface area (Å²) in [5, 5.41) is 0. The van der Waals surface area contributed by atoms with Gasteiger partial charge >= 0.3 is 11.9 Å². The van der Waals surface area contributed by atoms with Gasteiger partial charge in [0, 0.05) is 25.9 Å². The number of nitrogens with zero attached hydrogens (tertiary/aromatic N) is 1. The van der Waals surface area contributed by atoms with Gasteiger partial charge in [-0.15, -0.1) is 0 Å². The summed E-state index contributed by atoms with van der Waals surface area (Å²) in [6, 6.07) is 0. The van der Waals surface area contributed by atoms with Gasteiger partial charge in [0.1, 0.15) is 13.2 Å². The number of unbranched alkanes of at least 4 members (excludes halogenated alkanes) is 19. The Morgan fingerprint density at radius 3 is 1.18 bits per heavy atom. The van der Waals surface area contributed by atoms with Crippen molar-refractivity contribution < 1.29 is 19.1 Å². The molecule has 0 amide bonds. The van der Waals surface area contributed by atoms with Crippen LogP contribution in [0.3, 0.4) is 0 Å². The van der Waals surface area contributed by atoms with Crippen molar-refractivity contribution in [1.82, 2.24) is 4.90 Å². The van der Waals surface area contributed by atoms with Gasteiger partial charge in [-0.2, -0.15) is 0 Å². The van der Waals surface area contributed by atoms with E-state index in [0.29, 0.717) is 26.1 Å². The number of ether oxygens (including phenoxy) is 2. The van der Waals surface area contributed by atoms with Crippen LogP contribution in [0, 0.1) is 0 Å².